The van der Waals surface area contributed by atoms with Gasteiger partial charge in [0.15, 0.2) is 0 Å². The second-order valence-electron chi connectivity index (χ2n) is 4.29. The Kier molecular flexibility index (Phi) is 2.65. The smallest absolute Gasteiger partial charge is 0.137 e. The molecule has 0 saturated heterocycles. The van der Waals surface area contributed by atoms with Crippen molar-refractivity contribution in [2.75, 3.05) is 13.7 Å². The monoisotopic (exact) mass is 225 g/mol. The van der Waals surface area contributed by atoms with Crippen LogP contribution in [0.1, 0.15) is 24.0 Å². The van der Waals surface area contributed by atoms with Crippen molar-refractivity contribution < 1.29 is 4.74 Å². The van der Waals surface area contributed by atoms with Crippen LogP contribution in [-0.4, -0.2) is 13.7 Å². The first-order valence-electron chi connectivity index (χ1n) is 5.17. The van der Waals surface area contributed by atoms with Crippen molar-refractivity contribution in [1.29, 1.82) is 0 Å². The summed E-state index contributed by atoms with van der Waals surface area (Å²) in [6, 6.07) is 4.00. The summed E-state index contributed by atoms with van der Waals surface area (Å²) in [5, 5.41) is 0.679. The molecule has 1 aliphatic rings. The minimum atomic E-state index is 0.194. The maximum absolute atomic E-state index is 6.13. The highest BCUT2D eigenvalue weighted by Crippen LogP contribution is 2.49. The number of nitrogens with two attached hydrogens (primary N) is 1. The molecule has 0 radical (unpaired) electrons. The van der Waals surface area contributed by atoms with E-state index in [4.69, 9.17) is 22.1 Å². The number of rotatable bonds is 3. The Morgan fingerprint density at radius 1 is 1.47 bits per heavy atom. The van der Waals surface area contributed by atoms with Gasteiger partial charge in [-0.15, -0.1) is 0 Å². The van der Waals surface area contributed by atoms with E-state index >= 15 is 0 Å². The van der Waals surface area contributed by atoms with E-state index in [1.807, 2.05) is 12.1 Å². The van der Waals surface area contributed by atoms with E-state index in [1.54, 1.807) is 7.11 Å². The van der Waals surface area contributed by atoms with Crippen molar-refractivity contribution in [3.8, 4) is 5.75 Å². The van der Waals surface area contributed by atoms with Crippen molar-refractivity contribution in [2.24, 2.45) is 5.73 Å². The Hall–Kier alpha value is -0.730. The quantitative estimate of drug-likeness (QED) is 0.859. The van der Waals surface area contributed by atoms with Gasteiger partial charge in [0, 0.05) is 12.0 Å². The van der Waals surface area contributed by atoms with Gasteiger partial charge in [0.25, 0.3) is 0 Å². The minimum absolute atomic E-state index is 0.194. The fourth-order valence-corrected chi connectivity index (χ4v) is 2.36. The van der Waals surface area contributed by atoms with Crippen molar-refractivity contribution in [2.45, 2.75) is 25.2 Å². The van der Waals surface area contributed by atoms with E-state index in [1.165, 1.54) is 24.0 Å². The summed E-state index contributed by atoms with van der Waals surface area (Å²) in [6.07, 6.45) is 2.35. The minimum Gasteiger partial charge on any atom is -0.495 e. The predicted molar refractivity (Wildman–Crippen MR) is 62.7 cm³/mol. The molecule has 3 heteroatoms. The van der Waals surface area contributed by atoms with Crippen LogP contribution in [0, 0.1) is 6.92 Å². The molecular formula is C12H16ClNO. The zero-order valence-corrected chi connectivity index (χ0v) is 9.90. The SMILES string of the molecule is COc1cc(C)c(C2(CN)CC2)cc1Cl. The zero-order chi connectivity index (χ0) is 11.1. The number of benzene rings is 1. The first-order valence-corrected chi connectivity index (χ1v) is 5.55. The summed E-state index contributed by atoms with van der Waals surface area (Å²) in [4.78, 5) is 0. The third-order valence-corrected chi connectivity index (χ3v) is 3.61. The average molecular weight is 226 g/mol. The second kappa shape index (κ2) is 3.69. The lowest BCUT2D eigenvalue weighted by atomic mass is 9.92. The molecule has 1 aliphatic carbocycles. The maximum Gasteiger partial charge on any atom is 0.137 e. The van der Waals surface area contributed by atoms with Crippen LogP contribution in [0.5, 0.6) is 5.75 Å². The fraction of sp³-hybridized carbons (Fsp3) is 0.500. The number of methoxy groups -OCH3 is 1. The molecule has 0 unspecified atom stereocenters. The molecule has 2 nitrogen and oxygen atoms in total. The summed E-state index contributed by atoms with van der Waals surface area (Å²) < 4.78 is 5.18. The third-order valence-electron chi connectivity index (χ3n) is 3.31. The highest BCUT2D eigenvalue weighted by molar-refractivity contribution is 6.32. The first-order chi connectivity index (χ1) is 7.13. The van der Waals surface area contributed by atoms with Crippen LogP contribution >= 0.6 is 11.6 Å². The Bertz CT molecular complexity index is 385. The number of hydrogen-bond donors (Lipinski definition) is 1. The van der Waals surface area contributed by atoms with Crippen LogP contribution in [0.4, 0.5) is 0 Å². The third kappa shape index (κ3) is 1.72. The van der Waals surface area contributed by atoms with E-state index in [2.05, 4.69) is 6.92 Å². The molecule has 2 N–H and O–H groups in total. The fourth-order valence-electron chi connectivity index (χ4n) is 2.12. The van der Waals surface area contributed by atoms with Crippen LogP contribution in [0.25, 0.3) is 0 Å². The molecule has 0 aliphatic heterocycles. The van der Waals surface area contributed by atoms with Crippen molar-refractivity contribution in [1.82, 2.24) is 0 Å². The largest absolute Gasteiger partial charge is 0.495 e. The van der Waals surface area contributed by atoms with Gasteiger partial charge in [-0.05, 0) is 43.0 Å². The zero-order valence-electron chi connectivity index (χ0n) is 9.14. The van der Waals surface area contributed by atoms with Gasteiger partial charge in [0.2, 0.25) is 0 Å². The predicted octanol–water partition coefficient (Wildman–Crippen LogP) is 2.65. The molecule has 82 valence electrons. The molecule has 1 aromatic rings. The lowest BCUT2D eigenvalue weighted by molar-refractivity contribution is 0.414. The van der Waals surface area contributed by atoms with Gasteiger partial charge in [-0.2, -0.15) is 0 Å². The maximum atomic E-state index is 6.13. The number of aryl methyl sites for hydroxylation is 1. The molecule has 2 rings (SSSR count). The molecule has 15 heavy (non-hydrogen) atoms. The molecule has 1 saturated carbocycles. The van der Waals surface area contributed by atoms with Gasteiger partial charge >= 0.3 is 0 Å². The highest BCUT2D eigenvalue weighted by Gasteiger charge is 2.44. The van der Waals surface area contributed by atoms with Crippen LogP contribution in [-0.2, 0) is 5.41 Å². The van der Waals surface area contributed by atoms with Crippen LogP contribution in [0.2, 0.25) is 5.02 Å². The van der Waals surface area contributed by atoms with Crippen LogP contribution in [0.15, 0.2) is 12.1 Å². The van der Waals surface area contributed by atoms with Crippen molar-refractivity contribution in [3.63, 3.8) is 0 Å². The Labute approximate surface area is 95.4 Å². The van der Waals surface area contributed by atoms with Gasteiger partial charge in [-0.3, -0.25) is 0 Å². The topological polar surface area (TPSA) is 35.2 Å². The van der Waals surface area contributed by atoms with Gasteiger partial charge in [-0.1, -0.05) is 11.6 Å². The molecule has 0 bridgehead atoms. The van der Waals surface area contributed by atoms with E-state index < -0.39 is 0 Å². The van der Waals surface area contributed by atoms with E-state index in [9.17, 15) is 0 Å². The second-order valence-corrected chi connectivity index (χ2v) is 4.69. The van der Waals surface area contributed by atoms with E-state index in [0.717, 1.165) is 5.75 Å². The Morgan fingerprint density at radius 3 is 2.60 bits per heavy atom. The molecule has 0 amide bonds. The number of halogens is 1. The lowest BCUT2D eigenvalue weighted by Gasteiger charge is -2.17. The van der Waals surface area contributed by atoms with Crippen LogP contribution < -0.4 is 10.5 Å². The molecule has 0 aromatic heterocycles. The summed E-state index contributed by atoms with van der Waals surface area (Å²) >= 11 is 6.13. The molecule has 1 fully saturated rings. The van der Waals surface area contributed by atoms with E-state index in [-0.39, 0.29) is 5.41 Å². The summed E-state index contributed by atoms with van der Waals surface area (Å²) in [5.41, 5.74) is 8.52. The van der Waals surface area contributed by atoms with Gasteiger partial charge < -0.3 is 10.5 Å². The molecule has 0 spiro atoms. The molecule has 0 atom stereocenters. The first kappa shape index (κ1) is 10.8. The lowest BCUT2D eigenvalue weighted by Crippen LogP contribution is -2.20. The Morgan fingerprint density at radius 2 is 2.13 bits per heavy atom. The summed E-state index contributed by atoms with van der Waals surface area (Å²) in [5.74, 6) is 0.741. The van der Waals surface area contributed by atoms with Crippen molar-refractivity contribution in [3.05, 3.63) is 28.3 Å². The average Bonchev–Trinajstić information content (AvgIpc) is 3.01. The molecular weight excluding hydrogens is 210 g/mol. The Balaban J connectivity index is 2.45. The summed E-state index contributed by atoms with van der Waals surface area (Å²) in [7, 11) is 1.64. The van der Waals surface area contributed by atoms with Gasteiger partial charge in [-0.25, -0.2) is 0 Å². The van der Waals surface area contributed by atoms with Crippen molar-refractivity contribution >= 4 is 11.6 Å². The van der Waals surface area contributed by atoms with Crippen LogP contribution in [0.3, 0.4) is 0 Å². The summed E-state index contributed by atoms with van der Waals surface area (Å²) in [6.45, 7) is 2.79. The van der Waals surface area contributed by atoms with E-state index in [0.29, 0.717) is 11.6 Å². The van der Waals surface area contributed by atoms with Gasteiger partial charge in [0.1, 0.15) is 5.75 Å². The number of hydrogen-bond acceptors (Lipinski definition) is 2. The standard InChI is InChI=1S/C12H16ClNO/c1-8-5-11(15-2)10(13)6-9(8)12(7-14)3-4-12/h5-6H,3-4,7,14H2,1-2H3. The normalized spacial score (nSPS) is 17.6. The molecule has 0 heterocycles. The molecule has 1 aromatic carbocycles. The highest BCUT2D eigenvalue weighted by atomic mass is 35.5. The number of ether oxygens (including phenoxy) is 1. The van der Waals surface area contributed by atoms with Gasteiger partial charge in [0.05, 0.1) is 12.1 Å².